The van der Waals surface area contributed by atoms with E-state index in [1.165, 1.54) is 5.69 Å². The summed E-state index contributed by atoms with van der Waals surface area (Å²) in [5, 5.41) is 11.1. The van der Waals surface area contributed by atoms with E-state index in [2.05, 4.69) is 62.7 Å². The summed E-state index contributed by atoms with van der Waals surface area (Å²) in [6, 6.07) is 9.50. The van der Waals surface area contributed by atoms with Gasteiger partial charge in [-0.3, -0.25) is 0 Å². The normalized spacial score (nSPS) is 12.4. The molecular formula is C19H32KNO2Si. The minimum absolute atomic E-state index is 0. The molecule has 0 aliphatic heterocycles. The van der Waals surface area contributed by atoms with Gasteiger partial charge in [0.1, 0.15) is 0 Å². The van der Waals surface area contributed by atoms with Crippen molar-refractivity contribution in [3.63, 3.8) is 0 Å². The standard InChI is InChI=1S/C19H33NO2Si.K/c1-6-12-20(13-7-2)18-10-8-16(9-11-18)17(14-19(21)22)15-23(3,4)5;/h8-11,17H,6-7,12-15H2,1-5H3,(H,21,22);/q;+1/p-1. The SMILES string of the molecule is CCCN(CCC)c1ccc(C(CC(=O)[O-])C[Si](C)(C)C)cc1.[K+]. The van der Waals surface area contributed by atoms with Crippen LogP contribution in [0.4, 0.5) is 5.69 Å². The molecule has 1 unspecified atom stereocenters. The van der Waals surface area contributed by atoms with Crippen molar-refractivity contribution < 1.29 is 61.3 Å². The summed E-state index contributed by atoms with van der Waals surface area (Å²) in [6.07, 6.45) is 2.38. The Morgan fingerprint density at radius 2 is 1.58 bits per heavy atom. The van der Waals surface area contributed by atoms with Gasteiger partial charge in [0.15, 0.2) is 0 Å². The fourth-order valence-corrected chi connectivity index (χ4v) is 4.97. The Balaban J connectivity index is 0.00000529. The van der Waals surface area contributed by atoms with Crippen LogP contribution in [0.1, 0.15) is 44.6 Å². The quantitative estimate of drug-likeness (QED) is 0.572. The Kier molecular flexibility index (Phi) is 12.0. The van der Waals surface area contributed by atoms with E-state index < -0.39 is 14.0 Å². The summed E-state index contributed by atoms with van der Waals surface area (Å²) in [5.74, 6) is -0.873. The predicted molar refractivity (Wildman–Crippen MR) is 99.8 cm³/mol. The van der Waals surface area contributed by atoms with Crippen LogP contribution in [0.15, 0.2) is 24.3 Å². The fourth-order valence-electron chi connectivity index (χ4n) is 3.12. The molecule has 1 atom stereocenters. The van der Waals surface area contributed by atoms with E-state index in [-0.39, 0.29) is 63.7 Å². The topological polar surface area (TPSA) is 43.4 Å². The molecule has 0 spiro atoms. The molecule has 0 bridgehead atoms. The van der Waals surface area contributed by atoms with Gasteiger partial charge in [0.25, 0.3) is 0 Å². The van der Waals surface area contributed by atoms with Gasteiger partial charge in [0.05, 0.1) is 0 Å². The van der Waals surface area contributed by atoms with Crippen LogP contribution in [-0.2, 0) is 4.79 Å². The molecule has 0 N–H and O–H groups in total. The van der Waals surface area contributed by atoms with Crippen LogP contribution in [0.5, 0.6) is 0 Å². The average molecular weight is 374 g/mol. The summed E-state index contributed by atoms with van der Waals surface area (Å²) in [7, 11) is -1.33. The zero-order chi connectivity index (χ0) is 17.5. The number of carboxylic acid groups (broad SMARTS) is 1. The summed E-state index contributed by atoms with van der Waals surface area (Å²) < 4.78 is 0. The van der Waals surface area contributed by atoms with Crippen molar-refractivity contribution in [3.05, 3.63) is 29.8 Å². The van der Waals surface area contributed by atoms with Crippen molar-refractivity contribution in [2.24, 2.45) is 0 Å². The maximum Gasteiger partial charge on any atom is 1.00 e. The van der Waals surface area contributed by atoms with Crippen LogP contribution in [0, 0.1) is 0 Å². The third-order valence-corrected chi connectivity index (χ3v) is 5.71. The molecule has 0 amide bonds. The van der Waals surface area contributed by atoms with Crippen LogP contribution in [0.2, 0.25) is 25.7 Å². The van der Waals surface area contributed by atoms with Gasteiger partial charge in [-0.25, -0.2) is 0 Å². The van der Waals surface area contributed by atoms with Crippen molar-refractivity contribution in [2.75, 3.05) is 18.0 Å². The molecule has 0 saturated heterocycles. The predicted octanol–water partition coefficient (Wildman–Crippen LogP) is 0.879. The number of rotatable bonds is 10. The van der Waals surface area contributed by atoms with E-state index >= 15 is 0 Å². The molecular weight excluding hydrogens is 341 g/mol. The van der Waals surface area contributed by atoms with Crippen LogP contribution < -0.4 is 61.4 Å². The average Bonchev–Trinajstić information content (AvgIpc) is 2.44. The van der Waals surface area contributed by atoms with E-state index in [9.17, 15) is 9.90 Å². The zero-order valence-corrected chi connectivity index (χ0v) is 20.5. The van der Waals surface area contributed by atoms with Crippen LogP contribution in [-0.4, -0.2) is 27.1 Å². The first-order valence-corrected chi connectivity index (χ1v) is 12.5. The van der Waals surface area contributed by atoms with Gasteiger partial charge in [0, 0.05) is 32.8 Å². The summed E-state index contributed by atoms with van der Waals surface area (Å²) in [6.45, 7) is 13.4. The number of hydrogen-bond donors (Lipinski definition) is 0. The minimum atomic E-state index is -1.33. The van der Waals surface area contributed by atoms with Crippen LogP contribution in [0.25, 0.3) is 0 Å². The smallest absolute Gasteiger partial charge is 0.550 e. The van der Waals surface area contributed by atoms with Crippen LogP contribution >= 0.6 is 0 Å². The molecule has 0 fully saturated rings. The summed E-state index contributed by atoms with van der Waals surface area (Å²) in [4.78, 5) is 13.5. The molecule has 0 aliphatic carbocycles. The first-order chi connectivity index (χ1) is 10.8. The van der Waals surface area contributed by atoms with Crippen molar-refractivity contribution in [1.29, 1.82) is 0 Å². The number of hydrogen-bond acceptors (Lipinski definition) is 3. The molecule has 5 heteroatoms. The number of carbonyl (C=O) groups excluding carboxylic acids is 1. The second kappa shape index (κ2) is 11.9. The van der Waals surface area contributed by atoms with Gasteiger partial charge in [-0.15, -0.1) is 0 Å². The molecule has 0 aromatic heterocycles. The number of anilines is 1. The fraction of sp³-hybridized carbons (Fsp3) is 0.632. The van der Waals surface area contributed by atoms with Gasteiger partial charge < -0.3 is 14.8 Å². The molecule has 1 aromatic carbocycles. The van der Waals surface area contributed by atoms with Crippen molar-refractivity contribution >= 4 is 19.7 Å². The van der Waals surface area contributed by atoms with Crippen molar-refractivity contribution in [3.8, 4) is 0 Å². The molecule has 0 heterocycles. The molecule has 24 heavy (non-hydrogen) atoms. The number of nitrogens with zero attached hydrogens (tertiary/aromatic N) is 1. The number of benzene rings is 1. The first kappa shape index (κ1) is 24.3. The Morgan fingerprint density at radius 1 is 1.08 bits per heavy atom. The maximum atomic E-state index is 11.1. The molecule has 130 valence electrons. The van der Waals surface area contributed by atoms with E-state index in [0.717, 1.165) is 37.5 Å². The van der Waals surface area contributed by atoms with Gasteiger partial charge >= 0.3 is 51.4 Å². The number of aliphatic carboxylic acids is 1. The second-order valence-electron chi connectivity index (χ2n) is 7.62. The third kappa shape index (κ3) is 9.15. The van der Waals surface area contributed by atoms with Gasteiger partial charge in [-0.05, 0) is 42.9 Å². The molecule has 3 nitrogen and oxygen atoms in total. The Hall–Kier alpha value is 0.343. The van der Waals surface area contributed by atoms with E-state index in [1.54, 1.807) is 0 Å². The van der Waals surface area contributed by atoms with E-state index in [0.29, 0.717) is 0 Å². The van der Waals surface area contributed by atoms with E-state index in [1.807, 2.05) is 0 Å². The maximum absolute atomic E-state index is 11.1. The van der Waals surface area contributed by atoms with Gasteiger partial charge in [-0.1, -0.05) is 51.7 Å². The molecule has 0 radical (unpaired) electrons. The van der Waals surface area contributed by atoms with Crippen molar-refractivity contribution in [1.82, 2.24) is 0 Å². The van der Waals surface area contributed by atoms with Crippen molar-refractivity contribution in [2.45, 2.75) is 64.7 Å². The van der Waals surface area contributed by atoms with Crippen LogP contribution in [0.3, 0.4) is 0 Å². The molecule has 1 rings (SSSR count). The van der Waals surface area contributed by atoms with Gasteiger partial charge in [-0.2, -0.15) is 0 Å². The number of carboxylic acids is 1. The minimum Gasteiger partial charge on any atom is -0.550 e. The molecule has 0 saturated carbocycles. The summed E-state index contributed by atoms with van der Waals surface area (Å²) in [5.41, 5.74) is 2.37. The third-order valence-electron chi connectivity index (χ3n) is 3.99. The Bertz CT molecular complexity index is 479. The monoisotopic (exact) mass is 373 g/mol. The molecule has 0 aliphatic rings. The second-order valence-corrected chi connectivity index (χ2v) is 13.1. The Morgan fingerprint density at radius 3 is 1.96 bits per heavy atom. The Labute approximate surface area is 191 Å². The van der Waals surface area contributed by atoms with E-state index in [4.69, 9.17) is 0 Å². The first-order valence-electron chi connectivity index (χ1n) is 8.81. The summed E-state index contributed by atoms with van der Waals surface area (Å²) >= 11 is 0. The molecule has 1 aromatic rings. The zero-order valence-electron chi connectivity index (χ0n) is 16.4. The number of carbonyl (C=O) groups is 1. The van der Waals surface area contributed by atoms with Gasteiger partial charge in [0.2, 0.25) is 0 Å². The largest absolute Gasteiger partial charge is 1.00 e.